The van der Waals surface area contributed by atoms with Crippen molar-refractivity contribution in [3.05, 3.63) is 70.8 Å². The fourth-order valence-electron chi connectivity index (χ4n) is 4.55. The Morgan fingerprint density at radius 1 is 1.23 bits per heavy atom. The van der Waals surface area contributed by atoms with E-state index in [0.717, 1.165) is 29.7 Å². The molecule has 2 aromatic heterocycles. The van der Waals surface area contributed by atoms with Crippen LogP contribution in [-0.4, -0.2) is 57.3 Å². The molecule has 1 atom stereocenters. The number of amides is 1. The van der Waals surface area contributed by atoms with Crippen molar-refractivity contribution in [2.75, 3.05) is 32.1 Å². The Morgan fingerprint density at radius 2 is 2.03 bits per heavy atom. The third-order valence-corrected chi connectivity index (χ3v) is 6.88. The van der Waals surface area contributed by atoms with Crippen LogP contribution in [0.2, 0.25) is 0 Å². The summed E-state index contributed by atoms with van der Waals surface area (Å²) in [5.74, 6) is 1.81. The van der Waals surface area contributed by atoms with Crippen LogP contribution >= 0.6 is 15.9 Å². The maximum Gasteiger partial charge on any atom is 0.257 e. The number of hydrogen-bond donors (Lipinski definition) is 2. The average Bonchev–Trinajstić information content (AvgIpc) is 3.28. The third-order valence-electron chi connectivity index (χ3n) is 6.32. The van der Waals surface area contributed by atoms with Crippen LogP contribution in [0.3, 0.4) is 0 Å². The maximum atomic E-state index is 13.2. The predicted molar refractivity (Wildman–Crippen MR) is 138 cm³/mol. The second kappa shape index (κ2) is 9.95. The van der Waals surface area contributed by atoms with Crippen LogP contribution in [0.15, 0.2) is 65.3 Å². The number of rotatable bonds is 6. The molecule has 2 N–H and O–H groups in total. The third kappa shape index (κ3) is 4.68. The molecule has 1 saturated heterocycles. The number of piperidine rings is 1. The molecule has 180 valence electrons. The first-order valence-corrected chi connectivity index (χ1v) is 12.3. The molecule has 1 aliphatic rings. The van der Waals surface area contributed by atoms with Gasteiger partial charge in [-0.3, -0.25) is 4.79 Å². The predicted octanol–water partition coefficient (Wildman–Crippen LogP) is 4.84. The number of aromatic nitrogens is 3. The zero-order valence-corrected chi connectivity index (χ0v) is 20.9. The van der Waals surface area contributed by atoms with Crippen LogP contribution in [-0.2, 0) is 0 Å². The highest BCUT2D eigenvalue weighted by Gasteiger charge is 2.26. The zero-order valence-electron chi connectivity index (χ0n) is 19.3. The van der Waals surface area contributed by atoms with Gasteiger partial charge in [-0.1, -0.05) is 24.3 Å². The Hall–Kier alpha value is -3.59. The highest BCUT2D eigenvalue weighted by Crippen LogP contribution is 2.31. The van der Waals surface area contributed by atoms with Gasteiger partial charge in [0.25, 0.3) is 5.91 Å². The van der Waals surface area contributed by atoms with Gasteiger partial charge in [-0.15, -0.1) is 0 Å². The number of halogens is 1. The molecule has 2 aromatic carbocycles. The number of hydrogen-bond acceptors (Lipinski definition) is 6. The SMILES string of the molecule is COc1ccccc1C(=O)N1CCCC(CNc2cc(-c3ccccc3O)nc3c(Br)cnn23)C1. The smallest absolute Gasteiger partial charge is 0.257 e. The molecule has 3 heterocycles. The van der Waals surface area contributed by atoms with E-state index in [9.17, 15) is 9.90 Å². The van der Waals surface area contributed by atoms with E-state index in [1.54, 1.807) is 30.0 Å². The molecule has 1 unspecified atom stereocenters. The maximum absolute atomic E-state index is 13.2. The summed E-state index contributed by atoms with van der Waals surface area (Å²) in [6.07, 6.45) is 3.66. The largest absolute Gasteiger partial charge is 0.507 e. The molecule has 0 aliphatic carbocycles. The van der Waals surface area contributed by atoms with E-state index in [4.69, 9.17) is 9.72 Å². The lowest BCUT2D eigenvalue weighted by atomic mass is 9.97. The van der Waals surface area contributed by atoms with Gasteiger partial charge < -0.3 is 20.1 Å². The van der Waals surface area contributed by atoms with Gasteiger partial charge in [0.15, 0.2) is 5.65 Å². The molecule has 0 spiro atoms. The van der Waals surface area contributed by atoms with Crippen LogP contribution in [0.4, 0.5) is 5.82 Å². The molecule has 0 saturated carbocycles. The number of nitrogens with one attached hydrogen (secondary N) is 1. The van der Waals surface area contributed by atoms with Crippen molar-refractivity contribution in [3.63, 3.8) is 0 Å². The number of carbonyl (C=O) groups excluding carboxylic acids is 1. The van der Waals surface area contributed by atoms with E-state index in [2.05, 4.69) is 26.3 Å². The van der Waals surface area contributed by atoms with Crippen molar-refractivity contribution in [1.82, 2.24) is 19.5 Å². The van der Waals surface area contributed by atoms with E-state index in [0.29, 0.717) is 41.3 Å². The van der Waals surface area contributed by atoms with E-state index >= 15 is 0 Å². The monoisotopic (exact) mass is 535 g/mol. The number of nitrogens with zero attached hydrogens (tertiary/aromatic N) is 4. The van der Waals surface area contributed by atoms with Gasteiger partial charge in [0.05, 0.1) is 29.0 Å². The molecular formula is C26H26BrN5O3. The number of fused-ring (bicyclic) bond motifs is 1. The van der Waals surface area contributed by atoms with Gasteiger partial charge in [0, 0.05) is 31.3 Å². The number of para-hydroxylation sites is 2. The summed E-state index contributed by atoms with van der Waals surface area (Å²) >= 11 is 3.52. The Balaban J connectivity index is 1.35. The number of anilines is 1. The summed E-state index contributed by atoms with van der Waals surface area (Å²) < 4.78 is 7.90. The van der Waals surface area contributed by atoms with Gasteiger partial charge in [-0.05, 0) is 59.0 Å². The first kappa shape index (κ1) is 23.2. The number of methoxy groups -OCH3 is 1. The molecule has 35 heavy (non-hydrogen) atoms. The molecule has 8 nitrogen and oxygen atoms in total. The summed E-state index contributed by atoms with van der Waals surface area (Å²) in [5.41, 5.74) is 2.55. The van der Waals surface area contributed by atoms with Crippen LogP contribution in [0, 0.1) is 5.92 Å². The number of benzene rings is 2. The van der Waals surface area contributed by atoms with Gasteiger partial charge in [-0.25, -0.2) is 4.98 Å². The number of likely N-dealkylation sites (tertiary alicyclic amines) is 1. The van der Waals surface area contributed by atoms with Crippen LogP contribution in [0.1, 0.15) is 23.2 Å². The molecule has 0 bridgehead atoms. The molecule has 4 aromatic rings. The molecule has 1 fully saturated rings. The summed E-state index contributed by atoms with van der Waals surface area (Å²) in [5, 5.41) is 18.3. The highest BCUT2D eigenvalue weighted by molar-refractivity contribution is 9.10. The van der Waals surface area contributed by atoms with E-state index in [-0.39, 0.29) is 17.6 Å². The quantitative estimate of drug-likeness (QED) is 0.367. The summed E-state index contributed by atoms with van der Waals surface area (Å²) in [7, 11) is 1.58. The molecule has 1 amide bonds. The second-order valence-corrected chi connectivity index (χ2v) is 9.47. The Kier molecular flexibility index (Phi) is 6.59. The van der Waals surface area contributed by atoms with Crippen molar-refractivity contribution in [3.8, 4) is 22.8 Å². The van der Waals surface area contributed by atoms with Crippen molar-refractivity contribution in [2.45, 2.75) is 12.8 Å². The van der Waals surface area contributed by atoms with Crippen molar-refractivity contribution >= 4 is 33.3 Å². The Labute approximate surface area is 211 Å². The van der Waals surface area contributed by atoms with Crippen LogP contribution in [0.5, 0.6) is 11.5 Å². The first-order chi connectivity index (χ1) is 17.0. The summed E-state index contributed by atoms with van der Waals surface area (Å²) in [4.78, 5) is 19.8. The number of ether oxygens (including phenoxy) is 1. The minimum atomic E-state index is -0.00343. The summed E-state index contributed by atoms with van der Waals surface area (Å²) in [6.45, 7) is 2.07. The fourth-order valence-corrected chi connectivity index (χ4v) is 4.90. The fraction of sp³-hybridized carbons (Fsp3) is 0.269. The lowest BCUT2D eigenvalue weighted by Crippen LogP contribution is -2.42. The zero-order chi connectivity index (χ0) is 24.4. The molecule has 9 heteroatoms. The molecule has 1 aliphatic heterocycles. The van der Waals surface area contributed by atoms with Crippen LogP contribution in [0.25, 0.3) is 16.9 Å². The van der Waals surface area contributed by atoms with Gasteiger partial charge in [0.1, 0.15) is 17.3 Å². The lowest BCUT2D eigenvalue weighted by molar-refractivity contribution is 0.0677. The van der Waals surface area contributed by atoms with Crippen LogP contribution < -0.4 is 10.1 Å². The highest BCUT2D eigenvalue weighted by atomic mass is 79.9. The standard InChI is InChI=1S/C26H26BrN5O3/c1-35-23-11-5-3-9-19(23)26(34)31-12-6-7-17(16-31)14-28-24-13-21(18-8-2-4-10-22(18)33)30-25-20(27)15-29-32(24)25/h2-5,8-11,13,15,17,28,33H,6-7,12,14,16H2,1H3. The minimum Gasteiger partial charge on any atom is -0.507 e. The lowest BCUT2D eigenvalue weighted by Gasteiger charge is -2.33. The number of phenols is 1. The molecular weight excluding hydrogens is 510 g/mol. The summed E-state index contributed by atoms with van der Waals surface area (Å²) in [6, 6.07) is 16.4. The van der Waals surface area contributed by atoms with Gasteiger partial charge in [0.2, 0.25) is 0 Å². The van der Waals surface area contributed by atoms with Gasteiger partial charge in [-0.2, -0.15) is 9.61 Å². The Morgan fingerprint density at radius 3 is 2.86 bits per heavy atom. The number of carbonyl (C=O) groups is 1. The molecule has 5 rings (SSSR count). The first-order valence-electron chi connectivity index (χ1n) is 11.5. The van der Waals surface area contributed by atoms with Crippen molar-refractivity contribution in [1.29, 1.82) is 0 Å². The topological polar surface area (TPSA) is 92.0 Å². The second-order valence-electron chi connectivity index (χ2n) is 8.61. The average molecular weight is 536 g/mol. The number of aromatic hydroxyl groups is 1. The number of phenolic OH excluding ortho intramolecular Hbond substituents is 1. The van der Waals surface area contributed by atoms with E-state index in [1.165, 1.54) is 0 Å². The Bertz CT molecular complexity index is 1370. The van der Waals surface area contributed by atoms with E-state index in [1.807, 2.05) is 47.4 Å². The molecule has 0 radical (unpaired) electrons. The van der Waals surface area contributed by atoms with Crippen molar-refractivity contribution in [2.24, 2.45) is 5.92 Å². The van der Waals surface area contributed by atoms with Crippen molar-refractivity contribution < 1.29 is 14.6 Å². The minimum absolute atomic E-state index is 0.00343. The van der Waals surface area contributed by atoms with E-state index < -0.39 is 0 Å². The normalized spacial score (nSPS) is 15.8. The van der Waals surface area contributed by atoms with Gasteiger partial charge >= 0.3 is 0 Å².